The number of hydrogen-bond acceptors (Lipinski definition) is 6. The maximum Gasteiger partial charge on any atom is 0.276 e. The van der Waals surface area contributed by atoms with Crippen LogP contribution in [-0.4, -0.2) is 14.9 Å². The van der Waals surface area contributed by atoms with Gasteiger partial charge in [-0.15, -0.1) is 0 Å². The van der Waals surface area contributed by atoms with Crippen LogP contribution in [0.2, 0.25) is 5.15 Å². The van der Waals surface area contributed by atoms with Crippen LogP contribution in [0.25, 0.3) is 0 Å². The Hall–Kier alpha value is -2.15. The molecule has 0 fully saturated rings. The average Bonchev–Trinajstić information content (AvgIpc) is 2.83. The van der Waals surface area contributed by atoms with Crippen LogP contribution in [0.3, 0.4) is 0 Å². The maximum absolute atomic E-state index is 10.7. The fourth-order valence-electron chi connectivity index (χ4n) is 1.44. The lowest BCUT2D eigenvalue weighted by atomic mass is 10.4. The molecule has 100 valence electrons. The Morgan fingerprint density at radius 3 is 2.95 bits per heavy atom. The molecular weight excluding hydrogens is 272 g/mol. The molecule has 0 atom stereocenters. The first-order chi connectivity index (χ1) is 9.08. The van der Waals surface area contributed by atoms with Crippen molar-refractivity contribution >= 4 is 23.1 Å². The smallest absolute Gasteiger partial charge is 0.276 e. The summed E-state index contributed by atoms with van der Waals surface area (Å²) in [5.41, 5.74) is -0.121. The Balaban J connectivity index is 2.08. The van der Waals surface area contributed by atoms with Crippen LogP contribution in [0.5, 0.6) is 0 Å². The van der Waals surface area contributed by atoms with Gasteiger partial charge in [-0.1, -0.05) is 18.5 Å². The van der Waals surface area contributed by atoms with Crippen LogP contribution in [0, 0.1) is 10.1 Å². The number of oxazole rings is 1. The molecule has 0 spiro atoms. The van der Waals surface area contributed by atoms with Gasteiger partial charge in [0.15, 0.2) is 0 Å². The molecule has 0 aromatic carbocycles. The Bertz CT molecular complexity index is 599. The molecule has 2 rings (SSSR count). The number of hydrogen-bond donors (Lipinski definition) is 1. The lowest BCUT2D eigenvalue weighted by Gasteiger charge is -2.03. The molecule has 0 saturated carbocycles. The summed E-state index contributed by atoms with van der Waals surface area (Å²) in [5.74, 6) is 1.57. The van der Waals surface area contributed by atoms with E-state index in [1.54, 1.807) is 6.20 Å². The first-order valence-electron chi connectivity index (χ1n) is 5.58. The van der Waals surface area contributed by atoms with E-state index in [0.717, 1.165) is 12.2 Å². The highest BCUT2D eigenvalue weighted by Gasteiger charge is 2.10. The van der Waals surface area contributed by atoms with Crippen LogP contribution < -0.4 is 5.32 Å². The van der Waals surface area contributed by atoms with Gasteiger partial charge < -0.3 is 9.73 Å². The minimum atomic E-state index is -0.529. The maximum atomic E-state index is 10.7. The summed E-state index contributed by atoms with van der Waals surface area (Å²) in [6, 6.07) is 2.49. The standard InChI is InChI=1S/C11H11ClN4O3/c1-2-8-5-14-11(19-8)6-13-10-4-7(16(17)18)3-9(12)15-10/h3-5H,2,6H2,1H3,(H,13,15). The fourth-order valence-corrected chi connectivity index (χ4v) is 1.64. The molecule has 8 heteroatoms. The topological polar surface area (TPSA) is 94.1 Å². The molecule has 7 nitrogen and oxygen atoms in total. The molecule has 0 aliphatic rings. The average molecular weight is 283 g/mol. The first kappa shape index (κ1) is 13.3. The summed E-state index contributed by atoms with van der Waals surface area (Å²) in [5, 5.41) is 13.6. The zero-order valence-electron chi connectivity index (χ0n) is 10.1. The second kappa shape index (κ2) is 5.66. The van der Waals surface area contributed by atoms with Crippen molar-refractivity contribution in [2.75, 3.05) is 5.32 Å². The Morgan fingerprint density at radius 1 is 1.53 bits per heavy atom. The zero-order chi connectivity index (χ0) is 13.8. The molecule has 0 aliphatic heterocycles. The number of nitrogens with one attached hydrogen (secondary N) is 1. The first-order valence-corrected chi connectivity index (χ1v) is 5.95. The van der Waals surface area contributed by atoms with Crippen molar-refractivity contribution in [2.24, 2.45) is 0 Å². The van der Waals surface area contributed by atoms with Crippen molar-refractivity contribution in [1.82, 2.24) is 9.97 Å². The molecule has 1 N–H and O–H groups in total. The van der Waals surface area contributed by atoms with Crippen molar-refractivity contribution in [1.29, 1.82) is 0 Å². The minimum Gasteiger partial charge on any atom is -0.444 e. The predicted molar refractivity (Wildman–Crippen MR) is 69.1 cm³/mol. The molecule has 2 aromatic heterocycles. The van der Waals surface area contributed by atoms with E-state index in [0.29, 0.717) is 11.7 Å². The molecule has 19 heavy (non-hydrogen) atoms. The minimum absolute atomic E-state index is 0.0540. The van der Waals surface area contributed by atoms with Gasteiger partial charge in [0.2, 0.25) is 5.89 Å². The van der Waals surface area contributed by atoms with Crippen molar-refractivity contribution in [2.45, 2.75) is 19.9 Å². The number of pyridine rings is 1. The Morgan fingerprint density at radius 2 is 2.32 bits per heavy atom. The monoisotopic (exact) mass is 282 g/mol. The summed E-state index contributed by atoms with van der Waals surface area (Å²) < 4.78 is 5.39. The molecular formula is C11H11ClN4O3. The van der Waals surface area contributed by atoms with E-state index in [-0.39, 0.29) is 17.4 Å². The van der Waals surface area contributed by atoms with Crippen molar-refractivity contribution < 1.29 is 9.34 Å². The van der Waals surface area contributed by atoms with Gasteiger partial charge in [0.25, 0.3) is 5.69 Å². The largest absolute Gasteiger partial charge is 0.444 e. The summed E-state index contributed by atoms with van der Waals surface area (Å²) in [7, 11) is 0. The van der Waals surface area contributed by atoms with Crippen molar-refractivity contribution in [3.63, 3.8) is 0 Å². The molecule has 2 aromatic rings. The molecule has 0 bridgehead atoms. The second-order valence-corrected chi connectivity index (χ2v) is 4.11. The van der Waals surface area contributed by atoms with E-state index in [1.807, 2.05) is 6.92 Å². The highest BCUT2D eigenvalue weighted by atomic mass is 35.5. The molecule has 0 aliphatic carbocycles. The quantitative estimate of drug-likeness (QED) is 0.515. The van der Waals surface area contributed by atoms with E-state index in [9.17, 15) is 10.1 Å². The van der Waals surface area contributed by atoms with Gasteiger partial charge in [0, 0.05) is 6.42 Å². The molecule has 0 saturated heterocycles. The Labute approximate surface area is 113 Å². The normalized spacial score (nSPS) is 10.4. The number of nitro groups is 1. The van der Waals surface area contributed by atoms with Gasteiger partial charge >= 0.3 is 0 Å². The molecule has 2 heterocycles. The van der Waals surface area contributed by atoms with E-state index >= 15 is 0 Å². The fraction of sp³-hybridized carbons (Fsp3) is 0.273. The predicted octanol–water partition coefficient (Wildman–Crippen LogP) is 2.81. The summed E-state index contributed by atoms with van der Waals surface area (Å²) >= 11 is 5.71. The molecule has 0 amide bonds. The summed E-state index contributed by atoms with van der Waals surface area (Å²) in [6.45, 7) is 2.24. The van der Waals surface area contributed by atoms with Crippen LogP contribution in [-0.2, 0) is 13.0 Å². The number of rotatable bonds is 5. The van der Waals surface area contributed by atoms with Crippen LogP contribution in [0.4, 0.5) is 11.5 Å². The highest BCUT2D eigenvalue weighted by Crippen LogP contribution is 2.20. The van der Waals surface area contributed by atoms with Gasteiger partial charge in [0.05, 0.1) is 29.8 Å². The number of anilines is 1. The number of halogens is 1. The zero-order valence-corrected chi connectivity index (χ0v) is 10.8. The van der Waals surface area contributed by atoms with E-state index in [4.69, 9.17) is 16.0 Å². The van der Waals surface area contributed by atoms with E-state index < -0.39 is 4.92 Å². The van der Waals surface area contributed by atoms with E-state index in [2.05, 4.69) is 15.3 Å². The third-order valence-corrected chi connectivity index (χ3v) is 2.55. The number of nitrogens with zero attached hydrogens (tertiary/aromatic N) is 3. The van der Waals surface area contributed by atoms with Gasteiger partial charge in [-0.2, -0.15) is 0 Å². The third kappa shape index (κ3) is 3.41. The van der Waals surface area contributed by atoms with Crippen molar-refractivity contribution in [3.8, 4) is 0 Å². The lowest BCUT2D eigenvalue weighted by molar-refractivity contribution is -0.384. The number of aromatic nitrogens is 2. The van der Waals surface area contributed by atoms with Gasteiger partial charge in [-0.3, -0.25) is 10.1 Å². The summed E-state index contributed by atoms with van der Waals surface area (Å²) in [6.07, 6.45) is 2.40. The van der Waals surface area contributed by atoms with Gasteiger partial charge in [-0.05, 0) is 0 Å². The highest BCUT2D eigenvalue weighted by molar-refractivity contribution is 6.29. The third-order valence-electron chi connectivity index (χ3n) is 2.36. The van der Waals surface area contributed by atoms with Gasteiger partial charge in [0.1, 0.15) is 16.7 Å². The van der Waals surface area contributed by atoms with Crippen molar-refractivity contribution in [3.05, 3.63) is 45.2 Å². The number of aryl methyl sites for hydroxylation is 1. The van der Waals surface area contributed by atoms with Gasteiger partial charge in [-0.25, -0.2) is 9.97 Å². The van der Waals surface area contributed by atoms with Crippen LogP contribution in [0.15, 0.2) is 22.7 Å². The lowest BCUT2D eigenvalue weighted by Crippen LogP contribution is -2.02. The SMILES string of the molecule is CCc1cnc(CNc2cc([N+](=O)[O-])cc(Cl)n2)o1. The molecule has 0 unspecified atom stereocenters. The molecule has 0 radical (unpaired) electrons. The second-order valence-electron chi connectivity index (χ2n) is 3.72. The van der Waals surface area contributed by atoms with Crippen LogP contribution in [0.1, 0.15) is 18.6 Å². The van der Waals surface area contributed by atoms with E-state index in [1.165, 1.54) is 12.1 Å². The van der Waals surface area contributed by atoms with Crippen LogP contribution >= 0.6 is 11.6 Å². The summed E-state index contributed by atoms with van der Waals surface area (Å²) in [4.78, 5) is 18.2. The Kier molecular flexibility index (Phi) is 3.96.